The van der Waals surface area contributed by atoms with Crippen LogP contribution in [0.5, 0.6) is 0 Å². The maximum Gasteiger partial charge on any atom is 0.416 e. The average Bonchev–Trinajstić information content (AvgIpc) is 2.83. The molecule has 2 N–H and O–H groups in total. The van der Waals surface area contributed by atoms with Gasteiger partial charge in [0.15, 0.2) is 0 Å². The Labute approximate surface area is 216 Å². The number of alkyl halides is 3. The summed E-state index contributed by atoms with van der Waals surface area (Å²) in [6.07, 6.45) is -6.20. The minimum atomic E-state index is -4.53. The number of benzene rings is 2. The lowest BCUT2D eigenvalue weighted by molar-refractivity contribution is -0.167. The van der Waals surface area contributed by atoms with Crippen LogP contribution in [-0.4, -0.2) is 64.4 Å². The Balaban J connectivity index is 1.53. The van der Waals surface area contributed by atoms with Gasteiger partial charge < -0.3 is 20.3 Å². The van der Waals surface area contributed by atoms with Gasteiger partial charge in [0, 0.05) is 31.1 Å². The predicted octanol–water partition coefficient (Wildman–Crippen LogP) is 3.53. The fourth-order valence-corrected chi connectivity index (χ4v) is 4.97. The van der Waals surface area contributed by atoms with Crippen LogP contribution in [0.25, 0.3) is 0 Å². The van der Waals surface area contributed by atoms with E-state index in [4.69, 9.17) is 22.1 Å². The lowest BCUT2D eigenvalue weighted by atomic mass is 10.0. The number of rotatable bonds is 5. The van der Waals surface area contributed by atoms with Crippen molar-refractivity contribution >= 4 is 29.5 Å². The third-order valence-electron chi connectivity index (χ3n) is 6.40. The van der Waals surface area contributed by atoms with E-state index in [1.54, 1.807) is 24.3 Å². The van der Waals surface area contributed by atoms with Crippen LogP contribution in [0, 0.1) is 6.92 Å². The van der Waals surface area contributed by atoms with Crippen LogP contribution in [0.3, 0.4) is 0 Å². The van der Waals surface area contributed by atoms with Crippen LogP contribution < -0.4 is 5.73 Å². The molecule has 0 unspecified atom stereocenters. The molecule has 0 aliphatic carbocycles. The van der Waals surface area contributed by atoms with Crippen molar-refractivity contribution in [2.45, 2.75) is 44.9 Å². The first-order valence-corrected chi connectivity index (χ1v) is 12.0. The molecule has 0 spiro atoms. The predicted molar refractivity (Wildman–Crippen MR) is 128 cm³/mol. The van der Waals surface area contributed by atoms with Gasteiger partial charge in [0.25, 0.3) is 0 Å². The molecule has 2 saturated heterocycles. The van der Waals surface area contributed by atoms with Crippen molar-refractivity contribution < 1.29 is 32.3 Å². The number of hydrogen-bond acceptors (Lipinski definition) is 5. The summed E-state index contributed by atoms with van der Waals surface area (Å²) < 4.78 is 44.9. The first-order valence-electron chi connectivity index (χ1n) is 11.6. The number of carbonyl (C=O) groups is 3. The second-order valence-electron chi connectivity index (χ2n) is 9.08. The third kappa shape index (κ3) is 5.83. The molecule has 198 valence electrons. The number of nitrogens with zero attached hydrogens (tertiary/aromatic N) is 3. The first kappa shape index (κ1) is 26.7. The highest BCUT2D eigenvalue weighted by molar-refractivity contribution is 6.30. The van der Waals surface area contributed by atoms with E-state index in [1.807, 2.05) is 0 Å². The van der Waals surface area contributed by atoms with Gasteiger partial charge >= 0.3 is 12.3 Å². The molecule has 2 heterocycles. The van der Waals surface area contributed by atoms with E-state index >= 15 is 0 Å². The Kier molecular flexibility index (Phi) is 7.65. The summed E-state index contributed by atoms with van der Waals surface area (Å²) in [5, 5.41) is 0.502. The molecular formula is C25H26ClF3N4O4. The van der Waals surface area contributed by atoms with Gasteiger partial charge in [-0.15, -0.1) is 0 Å². The molecule has 0 bridgehead atoms. The van der Waals surface area contributed by atoms with E-state index in [1.165, 1.54) is 27.7 Å². The Morgan fingerprint density at radius 1 is 1.16 bits per heavy atom. The molecule has 3 amide bonds. The molecule has 2 aliphatic rings. The van der Waals surface area contributed by atoms with Crippen molar-refractivity contribution in [2.75, 3.05) is 19.6 Å². The topological polar surface area (TPSA) is 96.2 Å². The molecule has 0 saturated carbocycles. The number of halogens is 4. The van der Waals surface area contributed by atoms with Crippen LogP contribution in [-0.2, 0) is 33.7 Å². The van der Waals surface area contributed by atoms with Crippen molar-refractivity contribution in [3.8, 4) is 0 Å². The van der Waals surface area contributed by atoms with E-state index in [-0.39, 0.29) is 56.6 Å². The number of hydrogen-bond donors (Lipinski definition) is 1. The standard InChI is InChI=1S/C25H26ClF3N4O4/c1-15-7-17(9-18(8-15)25(27,28)29)14-37-24(36)32-6-5-22(34)33-20(11-30)23(35)31(13-21(32)33)12-16-3-2-4-19(26)10-16/h2-4,7-10,20-21H,5-6,11-14,30H2,1H3/t20-,21+/m0/s1. The van der Waals surface area contributed by atoms with Crippen molar-refractivity contribution in [3.63, 3.8) is 0 Å². The van der Waals surface area contributed by atoms with Gasteiger partial charge in [0.1, 0.15) is 18.8 Å². The van der Waals surface area contributed by atoms with E-state index in [9.17, 15) is 27.6 Å². The fraction of sp³-hybridized carbons (Fsp3) is 0.400. The second kappa shape index (κ2) is 10.6. The highest BCUT2D eigenvalue weighted by Gasteiger charge is 2.48. The number of aryl methyl sites for hydroxylation is 1. The van der Waals surface area contributed by atoms with Gasteiger partial charge in [-0.3, -0.25) is 14.5 Å². The van der Waals surface area contributed by atoms with Crippen LogP contribution in [0.15, 0.2) is 42.5 Å². The smallest absolute Gasteiger partial charge is 0.416 e. The normalized spacial score (nSPS) is 20.2. The lowest BCUT2D eigenvalue weighted by Gasteiger charge is -2.51. The number of nitrogens with two attached hydrogens (primary N) is 1. The molecule has 2 aromatic carbocycles. The maximum absolute atomic E-state index is 13.2. The van der Waals surface area contributed by atoms with Crippen LogP contribution in [0.1, 0.15) is 28.7 Å². The molecule has 2 aliphatic heterocycles. The van der Waals surface area contributed by atoms with E-state index < -0.39 is 30.0 Å². The molecule has 2 aromatic rings. The number of carbonyl (C=O) groups excluding carboxylic acids is 3. The molecule has 2 fully saturated rings. The Morgan fingerprint density at radius 3 is 2.59 bits per heavy atom. The minimum absolute atomic E-state index is 0.0192. The number of fused-ring (bicyclic) bond motifs is 1. The zero-order chi connectivity index (χ0) is 26.9. The van der Waals surface area contributed by atoms with Crippen LogP contribution in [0.4, 0.5) is 18.0 Å². The summed E-state index contributed by atoms with van der Waals surface area (Å²) in [7, 11) is 0. The van der Waals surface area contributed by atoms with Gasteiger partial charge in [0.05, 0.1) is 12.1 Å². The molecule has 12 heteroatoms. The van der Waals surface area contributed by atoms with Crippen molar-refractivity contribution in [1.82, 2.24) is 14.7 Å². The van der Waals surface area contributed by atoms with Gasteiger partial charge in [-0.1, -0.05) is 35.4 Å². The second-order valence-corrected chi connectivity index (χ2v) is 9.52. The van der Waals surface area contributed by atoms with Crippen LogP contribution >= 0.6 is 11.6 Å². The highest BCUT2D eigenvalue weighted by atomic mass is 35.5. The molecule has 0 radical (unpaired) electrons. The summed E-state index contributed by atoms with van der Waals surface area (Å²) >= 11 is 6.07. The number of piperazine rings is 1. The summed E-state index contributed by atoms with van der Waals surface area (Å²) in [5.74, 6) is -0.657. The molecule has 4 rings (SSSR count). The summed E-state index contributed by atoms with van der Waals surface area (Å²) in [4.78, 5) is 43.2. The third-order valence-corrected chi connectivity index (χ3v) is 6.63. The SMILES string of the molecule is Cc1cc(COC(=O)N2CCC(=O)N3[C@@H]2CN(Cc2cccc(Cl)c2)C(=O)[C@@H]3CN)cc(C(F)(F)F)c1. The zero-order valence-electron chi connectivity index (χ0n) is 20.0. The Hall–Kier alpha value is -3.31. The molecular weight excluding hydrogens is 513 g/mol. The fourth-order valence-electron chi connectivity index (χ4n) is 4.76. The van der Waals surface area contributed by atoms with E-state index in [0.717, 1.165) is 17.7 Å². The van der Waals surface area contributed by atoms with Crippen molar-refractivity contribution in [3.05, 3.63) is 69.7 Å². The van der Waals surface area contributed by atoms with Gasteiger partial charge in [-0.05, 0) is 42.3 Å². The van der Waals surface area contributed by atoms with Crippen molar-refractivity contribution in [2.24, 2.45) is 5.73 Å². The summed E-state index contributed by atoms with van der Waals surface area (Å²) in [5.41, 5.74) is 6.37. The number of ether oxygens (including phenoxy) is 1. The molecule has 0 aromatic heterocycles. The lowest BCUT2D eigenvalue weighted by Crippen LogP contribution is -2.72. The molecule has 8 nitrogen and oxygen atoms in total. The maximum atomic E-state index is 13.2. The Morgan fingerprint density at radius 2 is 1.92 bits per heavy atom. The van der Waals surface area contributed by atoms with Gasteiger partial charge in [-0.25, -0.2) is 4.79 Å². The molecule has 2 atom stereocenters. The Bertz CT molecular complexity index is 1210. The monoisotopic (exact) mass is 538 g/mol. The summed E-state index contributed by atoms with van der Waals surface area (Å²) in [6, 6.07) is 9.46. The average molecular weight is 539 g/mol. The van der Waals surface area contributed by atoms with Crippen molar-refractivity contribution in [1.29, 1.82) is 0 Å². The minimum Gasteiger partial charge on any atom is -0.444 e. The summed E-state index contributed by atoms with van der Waals surface area (Å²) in [6.45, 7) is 1.25. The first-order chi connectivity index (χ1) is 17.5. The quantitative estimate of drug-likeness (QED) is 0.628. The molecule has 37 heavy (non-hydrogen) atoms. The highest BCUT2D eigenvalue weighted by Crippen LogP contribution is 2.31. The largest absolute Gasteiger partial charge is 0.444 e. The van der Waals surface area contributed by atoms with Gasteiger partial charge in [-0.2, -0.15) is 13.2 Å². The zero-order valence-corrected chi connectivity index (χ0v) is 20.8. The van der Waals surface area contributed by atoms with Gasteiger partial charge in [0.2, 0.25) is 11.8 Å². The number of amides is 3. The van der Waals surface area contributed by atoms with E-state index in [2.05, 4.69) is 0 Å². The van der Waals surface area contributed by atoms with Crippen LogP contribution in [0.2, 0.25) is 5.02 Å². The van der Waals surface area contributed by atoms with E-state index in [0.29, 0.717) is 10.6 Å².